The number of carboxylic acid groups (broad SMARTS) is 1. The Labute approximate surface area is 93.5 Å². The highest BCUT2D eigenvalue weighted by molar-refractivity contribution is 5.88. The maximum atomic E-state index is 11.0. The van der Waals surface area contributed by atoms with Crippen molar-refractivity contribution in [1.82, 2.24) is 0 Å². The van der Waals surface area contributed by atoms with Gasteiger partial charge in [0.2, 0.25) is 0 Å². The average molecular weight is 213 g/mol. The summed E-state index contributed by atoms with van der Waals surface area (Å²) in [6.45, 7) is 0. The molecule has 1 unspecified atom stereocenters. The molecule has 2 rings (SSSR count). The molecule has 0 saturated carbocycles. The van der Waals surface area contributed by atoms with E-state index in [1.54, 1.807) is 12.2 Å². The van der Waals surface area contributed by atoms with Gasteiger partial charge in [0.25, 0.3) is 0 Å². The van der Waals surface area contributed by atoms with Crippen LogP contribution in [0, 0.1) is 0 Å². The molecule has 0 aromatic heterocycles. The molecular formula is C13H11NO2. The van der Waals surface area contributed by atoms with Gasteiger partial charge in [0.1, 0.15) is 0 Å². The van der Waals surface area contributed by atoms with Gasteiger partial charge in [0.15, 0.2) is 6.04 Å². The Morgan fingerprint density at radius 3 is 2.75 bits per heavy atom. The van der Waals surface area contributed by atoms with E-state index in [-0.39, 0.29) is 0 Å². The Kier molecular flexibility index (Phi) is 2.96. The molecule has 1 aromatic rings. The molecule has 1 N–H and O–H groups in total. The Bertz CT molecular complexity index is 472. The lowest BCUT2D eigenvalue weighted by molar-refractivity contribution is -0.137. The minimum absolute atomic E-state index is 0.696. The number of allylic oxidation sites excluding steroid dienone is 1. The molecule has 0 aliphatic carbocycles. The standard InChI is InChI=1S/C13H11NO2/c15-13(16)12-11(7-4-8-14-12)9-10-5-2-1-3-6-10/h1-9,12H,(H,15,16). The zero-order valence-corrected chi connectivity index (χ0v) is 8.58. The number of hydrogen-bond acceptors (Lipinski definition) is 2. The molecule has 3 nitrogen and oxygen atoms in total. The molecule has 1 aromatic carbocycles. The number of nitrogens with zero attached hydrogens (tertiary/aromatic N) is 1. The smallest absolute Gasteiger partial charge is 0.333 e. The second kappa shape index (κ2) is 4.57. The Morgan fingerprint density at radius 2 is 2.06 bits per heavy atom. The SMILES string of the molecule is O=C(O)C1N=CC=CC1=Cc1ccccc1. The number of aliphatic carboxylic acids is 1. The number of rotatable bonds is 2. The summed E-state index contributed by atoms with van der Waals surface area (Å²) in [5.41, 5.74) is 1.67. The highest BCUT2D eigenvalue weighted by Crippen LogP contribution is 2.16. The van der Waals surface area contributed by atoms with Crippen molar-refractivity contribution >= 4 is 18.3 Å². The number of dihydropyridines is 1. The fourth-order valence-corrected chi connectivity index (χ4v) is 1.54. The highest BCUT2D eigenvalue weighted by Gasteiger charge is 2.20. The third kappa shape index (κ3) is 2.25. The molecule has 0 radical (unpaired) electrons. The van der Waals surface area contributed by atoms with Crippen LogP contribution >= 0.6 is 0 Å². The summed E-state index contributed by atoms with van der Waals surface area (Å²) in [5, 5.41) is 9.00. The van der Waals surface area contributed by atoms with Crippen molar-refractivity contribution in [3.8, 4) is 0 Å². The van der Waals surface area contributed by atoms with E-state index in [9.17, 15) is 4.79 Å². The van der Waals surface area contributed by atoms with E-state index in [0.29, 0.717) is 5.57 Å². The second-order valence-corrected chi connectivity index (χ2v) is 3.45. The number of aliphatic imine (C=N–C) groups is 1. The van der Waals surface area contributed by atoms with Crippen molar-refractivity contribution in [2.24, 2.45) is 4.99 Å². The fraction of sp³-hybridized carbons (Fsp3) is 0.0769. The molecule has 80 valence electrons. The molecule has 1 heterocycles. The summed E-state index contributed by atoms with van der Waals surface area (Å²) >= 11 is 0. The number of carbonyl (C=O) groups is 1. The van der Waals surface area contributed by atoms with Crippen LogP contribution in [0.2, 0.25) is 0 Å². The first-order chi connectivity index (χ1) is 7.77. The van der Waals surface area contributed by atoms with E-state index < -0.39 is 12.0 Å². The topological polar surface area (TPSA) is 49.7 Å². The molecule has 0 fully saturated rings. The predicted octanol–water partition coefficient (Wildman–Crippen LogP) is 2.16. The first-order valence-electron chi connectivity index (χ1n) is 4.96. The summed E-state index contributed by atoms with van der Waals surface area (Å²) in [5.74, 6) is -0.928. The Morgan fingerprint density at radius 1 is 1.31 bits per heavy atom. The van der Waals surface area contributed by atoms with E-state index in [1.165, 1.54) is 6.21 Å². The summed E-state index contributed by atoms with van der Waals surface area (Å²) in [6.07, 6.45) is 6.87. The molecule has 0 amide bonds. The van der Waals surface area contributed by atoms with Gasteiger partial charge in [-0.05, 0) is 23.3 Å². The van der Waals surface area contributed by atoms with Crippen LogP contribution in [-0.4, -0.2) is 23.3 Å². The van der Waals surface area contributed by atoms with Crippen molar-refractivity contribution in [3.63, 3.8) is 0 Å². The van der Waals surface area contributed by atoms with Gasteiger partial charge in [-0.15, -0.1) is 0 Å². The quantitative estimate of drug-likeness (QED) is 0.818. The third-order valence-electron chi connectivity index (χ3n) is 2.29. The third-order valence-corrected chi connectivity index (χ3v) is 2.29. The molecule has 0 saturated heterocycles. The van der Waals surface area contributed by atoms with Gasteiger partial charge in [0, 0.05) is 6.21 Å². The van der Waals surface area contributed by atoms with Crippen LogP contribution in [0.4, 0.5) is 0 Å². The summed E-state index contributed by atoms with van der Waals surface area (Å²) in [7, 11) is 0. The van der Waals surface area contributed by atoms with Gasteiger partial charge in [0.05, 0.1) is 0 Å². The van der Waals surface area contributed by atoms with Crippen LogP contribution in [-0.2, 0) is 4.79 Å². The molecule has 0 bridgehead atoms. The summed E-state index contributed by atoms with van der Waals surface area (Å²) in [6, 6.07) is 8.82. The van der Waals surface area contributed by atoms with Gasteiger partial charge >= 0.3 is 5.97 Å². The van der Waals surface area contributed by atoms with Crippen LogP contribution in [0.1, 0.15) is 5.56 Å². The Hall–Kier alpha value is -2.16. The van der Waals surface area contributed by atoms with E-state index in [2.05, 4.69) is 4.99 Å². The lowest BCUT2D eigenvalue weighted by atomic mass is 10.0. The molecule has 1 aliphatic heterocycles. The monoisotopic (exact) mass is 213 g/mol. The van der Waals surface area contributed by atoms with Crippen LogP contribution in [0.25, 0.3) is 6.08 Å². The van der Waals surface area contributed by atoms with Crippen molar-refractivity contribution in [3.05, 3.63) is 53.6 Å². The Balaban J connectivity index is 2.32. The minimum Gasteiger partial charge on any atom is -0.479 e. The molecule has 0 spiro atoms. The van der Waals surface area contributed by atoms with Crippen molar-refractivity contribution in [1.29, 1.82) is 0 Å². The molecule has 1 atom stereocenters. The van der Waals surface area contributed by atoms with Gasteiger partial charge in [-0.1, -0.05) is 36.4 Å². The summed E-state index contributed by atoms with van der Waals surface area (Å²) in [4.78, 5) is 14.9. The predicted molar refractivity (Wildman–Crippen MR) is 63.5 cm³/mol. The van der Waals surface area contributed by atoms with E-state index in [4.69, 9.17) is 5.11 Å². The maximum absolute atomic E-state index is 11.0. The van der Waals surface area contributed by atoms with Crippen molar-refractivity contribution in [2.75, 3.05) is 0 Å². The molecule has 3 heteroatoms. The highest BCUT2D eigenvalue weighted by atomic mass is 16.4. The first-order valence-corrected chi connectivity index (χ1v) is 4.96. The zero-order valence-electron chi connectivity index (χ0n) is 8.58. The second-order valence-electron chi connectivity index (χ2n) is 3.45. The largest absolute Gasteiger partial charge is 0.479 e. The average Bonchev–Trinajstić information content (AvgIpc) is 2.31. The first kappa shape index (κ1) is 10.4. The maximum Gasteiger partial charge on any atom is 0.333 e. The van der Waals surface area contributed by atoms with Gasteiger partial charge < -0.3 is 5.11 Å². The van der Waals surface area contributed by atoms with Gasteiger partial charge in [-0.2, -0.15) is 0 Å². The van der Waals surface area contributed by atoms with E-state index >= 15 is 0 Å². The van der Waals surface area contributed by atoms with Gasteiger partial charge in [-0.25, -0.2) is 4.79 Å². The number of carboxylic acids is 1. The molecular weight excluding hydrogens is 202 g/mol. The van der Waals surface area contributed by atoms with Crippen LogP contribution in [0.3, 0.4) is 0 Å². The van der Waals surface area contributed by atoms with E-state index in [1.807, 2.05) is 36.4 Å². The van der Waals surface area contributed by atoms with Crippen molar-refractivity contribution in [2.45, 2.75) is 6.04 Å². The van der Waals surface area contributed by atoms with Crippen LogP contribution in [0.5, 0.6) is 0 Å². The van der Waals surface area contributed by atoms with Gasteiger partial charge in [-0.3, -0.25) is 4.99 Å². The zero-order chi connectivity index (χ0) is 11.4. The van der Waals surface area contributed by atoms with E-state index in [0.717, 1.165) is 5.56 Å². The van der Waals surface area contributed by atoms with Crippen molar-refractivity contribution < 1.29 is 9.90 Å². The number of hydrogen-bond donors (Lipinski definition) is 1. The molecule has 1 aliphatic rings. The lowest BCUT2D eigenvalue weighted by Crippen LogP contribution is -2.21. The fourth-order valence-electron chi connectivity index (χ4n) is 1.54. The van der Waals surface area contributed by atoms with Crippen LogP contribution in [0.15, 0.2) is 53.0 Å². The number of benzene rings is 1. The summed E-state index contributed by atoms with van der Waals surface area (Å²) < 4.78 is 0. The lowest BCUT2D eigenvalue weighted by Gasteiger charge is -2.11. The molecule has 16 heavy (non-hydrogen) atoms. The van der Waals surface area contributed by atoms with Crippen LogP contribution < -0.4 is 0 Å². The normalized spacial score (nSPS) is 21.2. The minimum atomic E-state index is -0.928.